The number of benzene rings is 1. The Morgan fingerprint density at radius 1 is 0.935 bits per heavy atom. The van der Waals surface area contributed by atoms with Gasteiger partial charge in [0.05, 0.1) is 17.3 Å². The van der Waals surface area contributed by atoms with Crippen LogP contribution in [0.2, 0.25) is 0 Å². The summed E-state index contributed by atoms with van der Waals surface area (Å²) in [5.74, 6) is -0.00889. The first-order valence-electron chi connectivity index (χ1n) is 10.8. The molecule has 1 atom stereocenters. The molecule has 1 aromatic carbocycles. The van der Waals surface area contributed by atoms with Crippen LogP contribution < -0.4 is 5.32 Å². The Kier molecular flexibility index (Phi) is 6.99. The fourth-order valence-corrected chi connectivity index (χ4v) is 4.92. The minimum Gasteiger partial charge on any atom is -0.340 e. The fourth-order valence-electron chi connectivity index (χ4n) is 4.23. The summed E-state index contributed by atoms with van der Waals surface area (Å²) >= 11 is 1.44. The average Bonchev–Trinajstić information content (AvgIpc) is 3.34. The van der Waals surface area contributed by atoms with Crippen LogP contribution in [-0.4, -0.2) is 78.2 Å². The first kappa shape index (κ1) is 21.5. The van der Waals surface area contributed by atoms with Gasteiger partial charge < -0.3 is 15.1 Å². The van der Waals surface area contributed by atoms with Gasteiger partial charge in [-0.05, 0) is 36.4 Å². The van der Waals surface area contributed by atoms with Crippen molar-refractivity contribution in [1.29, 1.82) is 0 Å². The molecule has 2 fully saturated rings. The molecule has 31 heavy (non-hydrogen) atoms. The summed E-state index contributed by atoms with van der Waals surface area (Å²) in [6.07, 6.45) is 1.68. The number of nitrogens with zero attached hydrogens (tertiary/aromatic N) is 3. The SMILES string of the molecule is O=C(CN1CCN(C(=O)[C@H]2CCCN(C(=O)c3cccs3)C2)CC1)Nc1ccccc1. The second kappa shape index (κ2) is 10.1. The predicted octanol–water partition coefficient (Wildman–Crippen LogP) is 2.38. The lowest BCUT2D eigenvalue weighted by molar-refractivity contribution is -0.138. The first-order chi connectivity index (χ1) is 15.1. The van der Waals surface area contributed by atoms with Gasteiger partial charge in [0.25, 0.3) is 5.91 Å². The molecule has 4 rings (SSSR count). The number of hydrogen-bond donors (Lipinski definition) is 1. The summed E-state index contributed by atoms with van der Waals surface area (Å²) < 4.78 is 0. The van der Waals surface area contributed by atoms with E-state index >= 15 is 0 Å². The van der Waals surface area contributed by atoms with Crippen LogP contribution in [0, 0.1) is 5.92 Å². The van der Waals surface area contributed by atoms with E-state index in [4.69, 9.17) is 0 Å². The smallest absolute Gasteiger partial charge is 0.263 e. The zero-order valence-electron chi connectivity index (χ0n) is 17.5. The second-order valence-electron chi connectivity index (χ2n) is 8.08. The van der Waals surface area contributed by atoms with E-state index in [1.54, 1.807) is 0 Å². The van der Waals surface area contributed by atoms with Crippen molar-refractivity contribution in [3.8, 4) is 0 Å². The number of amides is 3. The normalized spacial score (nSPS) is 19.8. The highest BCUT2D eigenvalue weighted by Gasteiger charge is 2.33. The molecule has 0 unspecified atom stereocenters. The highest BCUT2D eigenvalue weighted by molar-refractivity contribution is 7.12. The molecule has 2 saturated heterocycles. The van der Waals surface area contributed by atoms with Crippen molar-refractivity contribution in [2.75, 3.05) is 51.1 Å². The van der Waals surface area contributed by atoms with Gasteiger partial charge in [-0.3, -0.25) is 19.3 Å². The van der Waals surface area contributed by atoms with Crippen molar-refractivity contribution in [3.05, 3.63) is 52.7 Å². The van der Waals surface area contributed by atoms with Gasteiger partial charge in [0.1, 0.15) is 0 Å². The Morgan fingerprint density at radius 3 is 2.42 bits per heavy atom. The van der Waals surface area contributed by atoms with Crippen LogP contribution in [0.25, 0.3) is 0 Å². The molecule has 3 amide bonds. The summed E-state index contributed by atoms with van der Waals surface area (Å²) in [5.41, 5.74) is 0.792. The van der Waals surface area contributed by atoms with E-state index in [0.717, 1.165) is 23.4 Å². The maximum absolute atomic E-state index is 13.1. The first-order valence-corrected chi connectivity index (χ1v) is 11.7. The fraction of sp³-hybridized carbons (Fsp3) is 0.435. The third-order valence-electron chi connectivity index (χ3n) is 5.90. The predicted molar refractivity (Wildman–Crippen MR) is 121 cm³/mol. The molecule has 0 spiro atoms. The topological polar surface area (TPSA) is 73.0 Å². The summed E-state index contributed by atoms with van der Waals surface area (Å²) in [6, 6.07) is 13.1. The molecule has 8 heteroatoms. The van der Waals surface area contributed by atoms with Gasteiger partial charge >= 0.3 is 0 Å². The Hall–Kier alpha value is -2.71. The van der Waals surface area contributed by atoms with E-state index in [1.165, 1.54) is 11.3 Å². The lowest BCUT2D eigenvalue weighted by Gasteiger charge is -2.38. The maximum atomic E-state index is 13.1. The van der Waals surface area contributed by atoms with Crippen molar-refractivity contribution < 1.29 is 14.4 Å². The number of carbonyl (C=O) groups is 3. The number of hydrogen-bond acceptors (Lipinski definition) is 5. The van der Waals surface area contributed by atoms with Crippen LogP contribution in [0.5, 0.6) is 0 Å². The minimum atomic E-state index is -0.134. The Balaban J connectivity index is 1.24. The maximum Gasteiger partial charge on any atom is 0.263 e. The summed E-state index contributed by atoms with van der Waals surface area (Å²) in [7, 11) is 0. The van der Waals surface area contributed by atoms with Gasteiger partial charge in [-0.2, -0.15) is 0 Å². The molecule has 0 radical (unpaired) electrons. The molecule has 2 aliphatic rings. The van der Waals surface area contributed by atoms with Crippen LogP contribution in [-0.2, 0) is 9.59 Å². The molecule has 2 aliphatic heterocycles. The van der Waals surface area contributed by atoms with Gasteiger partial charge in [-0.1, -0.05) is 24.3 Å². The average molecular weight is 441 g/mol. The van der Waals surface area contributed by atoms with E-state index in [-0.39, 0.29) is 23.6 Å². The molecule has 7 nitrogen and oxygen atoms in total. The molecule has 1 aromatic heterocycles. The number of carbonyl (C=O) groups excluding carboxylic acids is 3. The zero-order chi connectivity index (χ0) is 21.6. The number of para-hydroxylation sites is 1. The van der Waals surface area contributed by atoms with Crippen molar-refractivity contribution in [1.82, 2.24) is 14.7 Å². The van der Waals surface area contributed by atoms with E-state index in [1.807, 2.05) is 57.6 Å². The second-order valence-corrected chi connectivity index (χ2v) is 9.03. The van der Waals surface area contributed by atoms with Gasteiger partial charge in [-0.25, -0.2) is 0 Å². The zero-order valence-corrected chi connectivity index (χ0v) is 18.4. The third kappa shape index (κ3) is 5.51. The third-order valence-corrected chi connectivity index (χ3v) is 6.76. The van der Waals surface area contributed by atoms with Gasteiger partial charge in [0.15, 0.2) is 0 Å². The van der Waals surface area contributed by atoms with Crippen LogP contribution in [0.4, 0.5) is 5.69 Å². The summed E-state index contributed by atoms with van der Waals surface area (Å²) in [6.45, 7) is 4.13. The summed E-state index contributed by atoms with van der Waals surface area (Å²) in [5, 5.41) is 4.81. The highest BCUT2D eigenvalue weighted by atomic mass is 32.1. The number of rotatable bonds is 5. The van der Waals surface area contributed by atoms with Crippen LogP contribution >= 0.6 is 11.3 Å². The number of thiophene rings is 1. The van der Waals surface area contributed by atoms with Gasteiger partial charge in [0.2, 0.25) is 11.8 Å². The molecule has 2 aromatic rings. The number of nitrogens with one attached hydrogen (secondary N) is 1. The van der Waals surface area contributed by atoms with E-state index in [2.05, 4.69) is 10.2 Å². The molecular formula is C23H28N4O3S. The molecule has 3 heterocycles. The lowest BCUT2D eigenvalue weighted by atomic mass is 9.96. The molecule has 1 N–H and O–H groups in total. The van der Waals surface area contributed by atoms with E-state index in [0.29, 0.717) is 45.8 Å². The monoisotopic (exact) mass is 440 g/mol. The number of likely N-dealkylation sites (tertiary alicyclic amines) is 1. The van der Waals surface area contributed by atoms with Crippen LogP contribution in [0.1, 0.15) is 22.5 Å². The molecule has 164 valence electrons. The van der Waals surface area contributed by atoms with Crippen molar-refractivity contribution >= 4 is 34.7 Å². The molecule has 0 bridgehead atoms. The molecule has 0 saturated carbocycles. The Labute approximate surface area is 186 Å². The quantitative estimate of drug-likeness (QED) is 0.775. The number of piperazine rings is 1. The van der Waals surface area contributed by atoms with E-state index < -0.39 is 0 Å². The van der Waals surface area contributed by atoms with Crippen LogP contribution in [0.15, 0.2) is 47.8 Å². The highest BCUT2D eigenvalue weighted by Crippen LogP contribution is 2.22. The Bertz CT molecular complexity index is 895. The number of anilines is 1. The van der Waals surface area contributed by atoms with Crippen LogP contribution in [0.3, 0.4) is 0 Å². The molecular weight excluding hydrogens is 412 g/mol. The Morgan fingerprint density at radius 2 is 1.71 bits per heavy atom. The van der Waals surface area contributed by atoms with Gasteiger partial charge in [0, 0.05) is 45.0 Å². The van der Waals surface area contributed by atoms with Crippen molar-refractivity contribution in [2.45, 2.75) is 12.8 Å². The number of piperidine rings is 1. The van der Waals surface area contributed by atoms with E-state index in [9.17, 15) is 14.4 Å². The minimum absolute atomic E-state index is 0.0294. The van der Waals surface area contributed by atoms with Crippen molar-refractivity contribution in [3.63, 3.8) is 0 Å². The summed E-state index contributed by atoms with van der Waals surface area (Å²) in [4.78, 5) is 44.5. The van der Waals surface area contributed by atoms with Gasteiger partial charge in [-0.15, -0.1) is 11.3 Å². The lowest BCUT2D eigenvalue weighted by Crippen LogP contribution is -2.53. The molecule has 0 aliphatic carbocycles. The largest absolute Gasteiger partial charge is 0.340 e. The van der Waals surface area contributed by atoms with Crippen molar-refractivity contribution in [2.24, 2.45) is 5.92 Å². The standard InChI is InChI=1S/C23H28N4O3S/c28-21(24-19-7-2-1-3-8-19)17-25-11-13-26(14-12-25)22(29)18-6-4-10-27(16-18)23(30)20-9-5-15-31-20/h1-3,5,7-9,15,18H,4,6,10-14,16-17H2,(H,24,28)/t18-/m0/s1.